The van der Waals surface area contributed by atoms with E-state index in [0.29, 0.717) is 6.42 Å². The Kier molecular flexibility index (Phi) is 3.42. The van der Waals surface area contributed by atoms with Crippen molar-refractivity contribution in [3.8, 4) is 0 Å². The molecule has 94 valence electrons. The van der Waals surface area contributed by atoms with E-state index in [1.807, 2.05) is 17.5 Å². The average molecular weight is 294 g/mol. The highest BCUT2D eigenvalue weighted by Crippen LogP contribution is 2.53. The summed E-state index contributed by atoms with van der Waals surface area (Å²) in [6.45, 7) is 1.83. The van der Waals surface area contributed by atoms with Gasteiger partial charge in [0.15, 0.2) is 0 Å². The summed E-state index contributed by atoms with van der Waals surface area (Å²) in [7, 11) is 0. The lowest BCUT2D eigenvalue weighted by Crippen LogP contribution is -2.39. The molecule has 1 fully saturated rings. The second kappa shape index (κ2) is 4.43. The van der Waals surface area contributed by atoms with Gasteiger partial charge < -0.3 is 10.4 Å². The number of rotatable bonds is 4. The first-order valence-electron chi connectivity index (χ1n) is 5.25. The van der Waals surface area contributed by atoms with Gasteiger partial charge in [0.2, 0.25) is 5.91 Å². The molecule has 0 aromatic carbocycles. The number of amides is 1. The van der Waals surface area contributed by atoms with Crippen LogP contribution in [0.5, 0.6) is 0 Å². The van der Waals surface area contributed by atoms with E-state index in [4.69, 9.17) is 23.2 Å². The van der Waals surface area contributed by atoms with Crippen molar-refractivity contribution in [1.29, 1.82) is 0 Å². The largest absolute Gasteiger partial charge is 0.383 e. The van der Waals surface area contributed by atoms with Crippen LogP contribution in [0.1, 0.15) is 18.2 Å². The topological polar surface area (TPSA) is 49.3 Å². The molecular formula is C11H13Cl2NO2S. The van der Waals surface area contributed by atoms with Crippen LogP contribution in [0.25, 0.3) is 0 Å². The lowest BCUT2D eigenvalue weighted by Gasteiger charge is -2.22. The standard InChI is InChI=1S/C11H13Cl2NO2S/c1-10(16,8-3-2-4-17-8)6-14-9(15)7-5-11(7,12)13/h2-4,7,16H,5-6H2,1H3,(H,14,15)/t7-,10+/m1/s1. The Hall–Kier alpha value is -0.290. The van der Waals surface area contributed by atoms with Crippen LogP contribution in [0.2, 0.25) is 0 Å². The maximum Gasteiger partial charge on any atom is 0.226 e. The third kappa shape index (κ3) is 2.94. The number of nitrogens with one attached hydrogen (secondary N) is 1. The van der Waals surface area contributed by atoms with Gasteiger partial charge in [-0.2, -0.15) is 0 Å². The highest BCUT2D eigenvalue weighted by molar-refractivity contribution is 7.10. The Balaban J connectivity index is 1.88. The summed E-state index contributed by atoms with van der Waals surface area (Å²) in [6, 6.07) is 3.70. The van der Waals surface area contributed by atoms with Crippen molar-refractivity contribution in [3.05, 3.63) is 22.4 Å². The molecular weight excluding hydrogens is 281 g/mol. The molecule has 0 radical (unpaired) electrons. The molecule has 1 heterocycles. The third-order valence-corrected chi connectivity index (χ3v) is 4.76. The molecule has 6 heteroatoms. The van der Waals surface area contributed by atoms with Crippen molar-refractivity contribution in [3.63, 3.8) is 0 Å². The van der Waals surface area contributed by atoms with Gasteiger partial charge in [-0.1, -0.05) is 6.07 Å². The first-order chi connectivity index (χ1) is 7.83. The van der Waals surface area contributed by atoms with Crippen molar-refractivity contribution in [2.24, 2.45) is 5.92 Å². The minimum absolute atomic E-state index is 0.159. The van der Waals surface area contributed by atoms with Gasteiger partial charge in [-0.05, 0) is 24.8 Å². The first-order valence-corrected chi connectivity index (χ1v) is 6.88. The molecule has 0 aliphatic heterocycles. The monoisotopic (exact) mass is 293 g/mol. The van der Waals surface area contributed by atoms with Crippen molar-refractivity contribution in [2.75, 3.05) is 6.54 Å². The second-order valence-corrected chi connectivity index (χ2v) is 6.98. The smallest absolute Gasteiger partial charge is 0.226 e. The molecule has 0 bridgehead atoms. The number of alkyl halides is 2. The maximum absolute atomic E-state index is 11.6. The van der Waals surface area contributed by atoms with E-state index in [1.54, 1.807) is 6.92 Å². The van der Waals surface area contributed by atoms with E-state index >= 15 is 0 Å². The number of thiophene rings is 1. The van der Waals surface area contributed by atoms with Crippen LogP contribution in [0.15, 0.2) is 17.5 Å². The second-order valence-electron chi connectivity index (χ2n) is 4.49. The molecule has 1 saturated carbocycles. The quantitative estimate of drug-likeness (QED) is 0.837. The zero-order valence-electron chi connectivity index (χ0n) is 9.24. The van der Waals surface area contributed by atoms with Gasteiger partial charge in [0.1, 0.15) is 9.93 Å². The number of carbonyl (C=O) groups excluding carboxylic acids is 1. The van der Waals surface area contributed by atoms with Gasteiger partial charge in [0.25, 0.3) is 0 Å². The molecule has 2 atom stereocenters. The van der Waals surface area contributed by atoms with Gasteiger partial charge in [0, 0.05) is 4.88 Å². The highest BCUT2D eigenvalue weighted by Gasteiger charge is 2.56. The Bertz CT molecular complexity index is 417. The predicted molar refractivity (Wildman–Crippen MR) is 69.4 cm³/mol. The fourth-order valence-corrected chi connectivity index (χ4v) is 2.85. The molecule has 2 N–H and O–H groups in total. The van der Waals surface area contributed by atoms with Gasteiger partial charge in [-0.25, -0.2) is 0 Å². The van der Waals surface area contributed by atoms with E-state index in [1.165, 1.54) is 11.3 Å². The Labute approximate surface area is 114 Å². The summed E-state index contributed by atoms with van der Waals surface area (Å²) < 4.78 is -0.918. The fourth-order valence-electron chi connectivity index (χ4n) is 1.55. The summed E-state index contributed by atoms with van der Waals surface area (Å²) in [4.78, 5) is 12.5. The summed E-state index contributed by atoms with van der Waals surface area (Å²) in [5, 5.41) is 14.7. The molecule has 1 amide bonds. The number of aliphatic hydroxyl groups is 1. The van der Waals surface area contributed by atoms with Crippen LogP contribution < -0.4 is 5.32 Å². The minimum Gasteiger partial charge on any atom is -0.383 e. The zero-order chi connectivity index (χ0) is 12.7. The van der Waals surface area contributed by atoms with Crippen LogP contribution in [-0.2, 0) is 10.4 Å². The van der Waals surface area contributed by atoms with E-state index in [9.17, 15) is 9.90 Å². The third-order valence-electron chi connectivity index (χ3n) is 2.80. The molecule has 1 aliphatic rings. The predicted octanol–water partition coefficient (Wildman–Crippen LogP) is 2.27. The normalized spacial score (nSPS) is 25.1. The summed E-state index contributed by atoms with van der Waals surface area (Å²) >= 11 is 13.0. The van der Waals surface area contributed by atoms with E-state index < -0.39 is 9.93 Å². The van der Waals surface area contributed by atoms with Crippen molar-refractivity contribution >= 4 is 40.4 Å². The average Bonchev–Trinajstić information content (AvgIpc) is 2.73. The molecule has 1 aromatic heterocycles. The van der Waals surface area contributed by atoms with Crippen LogP contribution in [0.3, 0.4) is 0 Å². The van der Waals surface area contributed by atoms with Gasteiger partial charge in [-0.3, -0.25) is 4.79 Å². The Morgan fingerprint density at radius 2 is 2.41 bits per heavy atom. The molecule has 3 nitrogen and oxygen atoms in total. The Morgan fingerprint density at radius 3 is 2.88 bits per heavy atom. The molecule has 2 rings (SSSR count). The van der Waals surface area contributed by atoms with Crippen molar-refractivity contribution < 1.29 is 9.90 Å². The van der Waals surface area contributed by atoms with E-state index in [0.717, 1.165) is 4.88 Å². The number of halogens is 2. The van der Waals surface area contributed by atoms with E-state index in [-0.39, 0.29) is 18.4 Å². The minimum atomic E-state index is -1.06. The molecule has 0 spiro atoms. The summed E-state index contributed by atoms with van der Waals surface area (Å²) in [5.41, 5.74) is -1.06. The van der Waals surface area contributed by atoms with Gasteiger partial charge >= 0.3 is 0 Å². The van der Waals surface area contributed by atoms with Crippen LogP contribution >= 0.6 is 34.5 Å². The fraction of sp³-hybridized carbons (Fsp3) is 0.545. The number of hydrogen-bond acceptors (Lipinski definition) is 3. The molecule has 0 saturated heterocycles. The van der Waals surface area contributed by atoms with Gasteiger partial charge in [0.05, 0.1) is 12.5 Å². The Morgan fingerprint density at radius 1 is 1.76 bits per heavy atom. The molecule has 17 heavy (non-hydrogen) atoms. The lowest BCUT2D eigenvalue weighted by molar-refractivity contribution is -0.123. The SMILES string of the molecule is C[C@](O)(CNC(=O)[C@H]1CC1(Cl)Cl)c1cccs1. The molecule has 0 unspecified atom stereocenters. The van der Waals surface area contributed by atoms with Crippen molar-refractivity contribution in [1.82, 2.24) is 5.32 Å². The molecule has 1 aromatic rings. The summed E-state index contributed by atoms with van der Waals surface area (Å²) in [6.07, 6.45) is 0.475. The first kappa shape index (κ1) is 13.1. The van der Waals surface area contributed by atoms with Crippen LogP contribution in [0, 0.1) is 5.92 Å². The van der Waals surface area contributed by atoms with Crippen LogP contribution in [-0.4, -0.2) is 21.9 Å². The van der Waals surface area contributed by atoms with Crippen LogP contribution in [0.4, 0.5) is 0 Å². The van der Waals surface area contributed by atoms with Gasteiger partial charge in [-0.15, -0.1) is 34.5 Å². The van der Waals surface area contributed by atoms with E-state index in [2.05, 4.69) is 5.32 Å². The number of carbonyl (C=O) groups is 1. The highest BCUT2D eigenvalue weighted by atomic mass is 35.5. The van der Waals surface area contributed by atoms with Crippen molar-refractivity contribution in [2.45, 2.75) is 23.3 Å². The zero-order valence-corrected chi connectivity index (χ0v) is 11.6. The maximum atomic E-state index is 11.6. The lowest BCUT2D eigenvalue weighted by atomic mass is 10.1. The molecule has 1 aliphatic carbocycles. The number of hydrogen-bond donors (Lipinski definition) is 2. The summed E-state index contributed by atoms with van der Waals surface area (Å²) in [5.74, 6) is -0.559.